The third-order valence-corrected chi connectivity index (χ3v) is 5.86. The third kappa shape index (κ3) is 2.85. The number of nitrogens with zero attached hydrogens (tertiary/aromatic N) is 3. The number of halogens is 1. The lowest BCUT2D eigenvalue weighted by atomic mass is 9.91. The molecule has 0 radical (unpaired) electrons. The molecule has 1 amide bonds. The average Bonchev–Trinajstić information content (AvgIpc) is 3.37. The van der Waals surface area contributed by atoms with Gasteiger partial charge in [0.25, 0.3) is 5.91 Å². The van der Waals surface area contributed by atoms with E-state index in [4.69, 9.17) is 4.42 Å². The van der Waals surface area contributed by atoms with Gasteiger partial charge in [-0.15, -0.1) is 0 Å². The Bertz CT molecular complexity index is 1180. The maximum absolute atomic E-state index is 13.2. The van der Waals surface area contributed by atoms with Crippen molar-refractivity contribution in [3.8, 4) is 11.3 Å². The number of carbonyl (C=O) groups excluding carboxylic acids is 1. The summed E-state index contributed by atoms with van der Waals surface area (Å²) in [6.07, 6.45) is 4.37. The molecule has 1 aliphatic heterocycles. The fourth-order valence-electron chi connectivity index (χ4n) is 3.90. The van der Waals surface area contributed by atoms with Crippen LogP contribution in [0.4, 0.5) is 0 Å². The van der Waals surface area contributed by atoms with Crippen LogP contribution in [0.15, 0.2) is 69.9 Å². The summed E-state index contributed by atoms with van der Waals surface area (Å²) in [5, 5.41) is 4.48. The van der Waals surface area contributed by atoms with Gasteiger partial charge in [0.1, 0.15) is 5.76 Å². The molecule has 1 atom stereocenters. The van der Waals surface area contributed by atoms with Crippen LogP contribution >= 0.6 is 15.9 Å². The van der Waals surface area contributed by atoms with Gasteiger partial charge in [-0.1, -0.05) is 12.1 Å². The predicted molar refractivity (Wildman–Crippen MR) is 110 cm³/mol. The van der Waals surface area contributed by atoms with Gasteiger partial charge in [0.05, 0.1) is 17.8 Å². The van der Waals surface area contributed by atoms with Gasteiger partial charge < -0.3 is 9.32 Å². The Morgan fingerprint density at radius 3 is 2.93 bits per heavy atom. The molecule has 0 saturated heterocycles. The van der Waals surface area contributed by atoms with Crippen LogP contribution in [0.1, 0.15) is 34.6 Å². The maximum Gasteiger partial charge on any atom is 0.274 e. The molecule has 0 fully saturated rings. The molecular weight excluding hydrogens is 418 g/mol. The van der Waals surface area contributed by atoms with Crippen LogP contribution < -0.4 is 0 Å². The summed E-state index contributed by atoms with van der Waals surface area (Å²) in [6.45, 7) is 2.76. The van der Waals surface area contributed by atoms with Crippen molar-refractivity contribution in [1.82, 2.24) is 14.5 Å². The number of pyridine rings is 1. The summed E-state index contributed by atoms with van der Waals surface area (Å²) in [5.74, 6) is 0.797. The molecule has 4 aromatic rings. The highest BCUT2D eigenvalue weighted by atomic mass is 79.9. The van der Waals surface area contributed by atoms with E-state index in [0.29, 0.717) is 12.2 Å². The second-order valence-electron chi connectivity index (χ2n) is 7.06. The van der Waals surface area contributed by atoms with Crippen LogP contribution in [0, 0.1) is 0 Å². The van der Waals surface area contributed by atoms with Crippen molar-refractivity contribution in [3.05, 3.63) is 82.3 Å². The number of aromatic nitrogens is 2. The van der Waals surface area contributed by atoms with Crippen molar-refractivity contribution in [1.29, 1.82) is 0 Å². The standard InChI is InChI=1S/C22H18BrN3O2/c1-14-19-11-16(21-3-2-10-28-21)5-4-15(19)8-9-25(14)22(27)20-12-18-7-6-17(23)13-26(18)24-20/h2-7,10-14H,8-9H2,1H3. The van der Waals surface area contributed by atoms with Gasteiger partial charge in [-0.2, -0.15) is 5.10 Å². The largest absolute Gasteiger partial charge is 0.464 e. The molecule has 0 N–H and O–H groups in total. The Hall–Kier alpha value is -2.86. The zero-order valence-electron chi connectivity index (χ0n) is 15.3. The van der Waals surface area contributed by atoms with Crippen molar-refractivity contribution in [2.24, 2.45) is 0 Å². The first-order valence-electron chi connectivity index (χ1n) is 9.23. The second kappa shape index (κ2) is 6.63. The van der Waals surface area contributed by atoms with Gasteiger partial charge >= 0.3 is 0 Å². The van der Waals surface area contributed by atoms with E-state index in [1.165, 1.54) is 11.1 Å². The van der Waals surface area contributed by atoms with Gasteiger partial charge in [0.2, 0.25) is 0 Å². The minimum Gasteiger partial charge on any atom is -0.464 e. The topological polar surface area (TPSA) is 50.8 Å². The lowest BCUT2D eigenvalue weighted by Gasteiger charge is -2.35. The van der Waals surface area contributed by atoms with Gasteiger partial charge in [-0.25, -0.2) is 4.52 Å². The van der Waals surface area contributed by atoms with Crippen molar-refractivity contribution >= 4 is 27.4 Å². The highest BCUT2D eigenvalue weighted by Crippen LogP contribution is 2.34. The SMILES string of the molecule is CC1c2cc(-c3ccco3)ccc2CCN1C(=O)c1cc2ccc(Br)cn2n1. The summed E-state index contributed by atoms with van der Waals surface area (Å²) < 4.78 is 8.19. The Morgan fingerprint density at radius 1 is 1.21 bits per heavy atom. The second-order valence-corrected chi connectivity index (χ2v) is 7.98. The molecule has 1 aliphatic rings. The summed E-state index contributed by atoms with van der Waals surface area (Å²) in [5.41, 5.74) is 4.85. The van der Waals surface area contributed by atoms with Gasteiger partial charge in [-0.3, -0.25) is 4.79 Å². The van der Waals surface area contributed by atoms with E-state index in [1.54, 1.807) is 10.8 Å². The Morgan fingerprint density at radius 2 is 2.11 bits per heavy atom. The summed E-state index contributed by atoms with van der Waals surface area (Å²) in [7, 11) is 0. The lowest BCUT2D eigenvalue weighted by Crippen LogP contribution is -2.39. The van der Waals surface area contributed by atoms with E-state index in [1.807, 2.05) is 41.4 Å². The predicted octanol–water partition coefficient (Wildman–Crippen LogP) is 5.12. The quantitative estimate of drug-likeness (QED) is 0.439. The first-order valence-corrected chi connectivity index (χ1v) is 10.0. The summed E-state index contributed by atoms with van der Waals surface area (Å²) >= 11 is 3.44. The maximum atomic E-state index is 13.2. The Balaban J connectivity index is 1.48. The van der Waals surface area contributed by atoms with Gasteiger partial charge in [0, 0.05) is 22.8 Å². The zero-order valence-corrected chi connectivity index (χ0v) is 16.9. The third-order valence-electron chi connectivity index (χ3n) is 5.39. The first-order chi connectivity index (χ1) is 13.6. The van der Waals surface area contributed by atoms with E-state index in [2.05, 4.69) is 46.2 Å². The molecule has 3 aromatic heterocycles. The van der Waals surface area contributed by atoms with Crippen molar-refractivity contribution in [2.75, 3.05) is 6.54 Å². The van der Waals surface area contributed by atoms with Crippen LogP contribution in [0.2, 0.25) is 0 Å². The molecule has 0 spiro atoms. The fraction of sp³-hybridized carbons (Fsp3) is 0.182. The van der Waals surface area contributed by atoms with Crippen molar-refractivity contribution < 1.29 is 9.21 Å². The molecule has 1 aromatic carbocycles. The van der Waals surface area contributed by atoms with Crippen LogP contribution in [0.5, 0.6) is 0 Å². The molecule has 5 nitrogen and oxygen atoms in total. The molecule has 0 aliphatic carbocycles. The van der Waals surface area contributed by atoms with E-state index in [-0.39, 0.29) is 11.9 Å². The van der Waals surface area contributed by atoms with Crippen LogP contribution in [0.25, 0.3) is 16.8 Å². The van der Waals surface area contributed by atoms with Crippen LogP contribution in [0.3, 0.4) is 0 Å². The van der Waals surface area contributed by atoms with Gasteiger partial charge in [-0.05, 0) is 76.8 Å². The molecule has 6 heteroatoms. The molecule has 0 bridgehead atoms. The number of benzene rings is 1. The number of hydrogen-bond acceptors (Lipinski definition) is 3. The number of hydrogen-bond donors (Lipinski definition) is 0. The summed E-state index contributed by atoms with van der Waals surface area (Å²) in [4.78, 5) is 15.1. The minimum absolute atomic E-state index is 0.0253. The monoisotopic (exact) mass is 435 g/mol. The molecule has 5 rings (SSSR count). The molecule has 0 saturated carbocycles. The van der Waals surface area contributed by atoms with E-state index >= 15 is 0 Å². The van der Waals surface area contributed by atoms with Crippen LogP contribution in [-0.4, -0.2) is 27.0 Å². The number of carbonyl (C=O) groups is 1. The lowest BCUT2D eigenvalue weighted by molar-refractivity contribution is 0.0671. The Labute approximate surface area is 170 Å². The van der Waals surface area contributed by atoms with Crippen molar-refractivity contribution in [3.63, 3.8) is 0 Å². The zero-order chi connectivity index (χ0) is 19.3. The van der Waals surface area contributed by atoms with E-state index < -0.39 is 0 Å². The number of rotatable bonds is 2. The van der Waals surface area contributed by atoms with E-state index in [0.717, 1.165) is 27.7 Å². The molecule has 28 heavy (non-hydrogen) atoms. The van der Waals surface area contributed by atoms with Crippen LogP contribution in [-0.2, 0) is 6.42 Å². The number of furan rings is 1. The van der Waals surface area contributed by atoms with Gasteiger partial charge in [0.15, 0.2) is 5.69 Å². The highest BCUT2D eigenvalue weighted by Gasteiger charge is 2.30. The highest BCUT2D eigenvalue weighted by molar-refractivity contribution is 9.10. The van der Waals surface area contributed by atoms with Crippen molar-refractivity contribution in [2.45, 2.75) is 19.4 Å². The Kier molecular flexibility index (Phi) is 4.09. The van der Waals surface area contributed by atoms with E-state index in [9.17, 15) is 4.79 Å². The molecule has 140 valence electrons. The number of fused-ring (bicyclic) bond motifs is 2. The normalized spacial score (nSPS) is 16.4. The average molecular weight is 436 g/mol. The first kappa shape index (κ1) is 17.3. The smallest absolute Gasteiger partial charge is 0.274 e. The fourth-order valence-corrected chi connectivity index (χ4v) is 4.23. The molecular formula is C22H18BrN3O2. The molecule has 1 unspecified atom stereocenters. The molecule has 4 heterocycles. The number of amides is 1. The minimum atomic E-state index is -0.0404. The summed E-state index contributed by atoms with van der Waals surface area (Å²) in [6, 6.07) is 15.9.